The van der Waals surface area contributed by atoms with Gasteiger partial charge in [0.05, 0.1) is 0 Å². The monoisotopic (exact) mass is 252 g/mol. The molecule has 0 fully saturated rings. The van der Waals surface area contributed by atoms with Crippen molar-refractivity contribution in [2.24, 2.45) is 0 Å². The van der Waals surface area contributed by atoms with Crippen LogP contribution in [0.1, 0.15) is 24.0 Å². The van der Waals surface area contributed by atoms with E-state index in [0.29, 0.717) is 12.8 Å². The minimum Gasteiger partial charge on any atom is -0.349 e. The number of benzene rings is 1. The maximum Gasteiger partial charge on any atom is 0.194 e. The lowest BCUT2D eigenvalue weighted by Crippen LogP contribution is -2.44. The molecule has 18 heavy (non-hydrogen) atoms. The summed E-state index contributed by atoms with van der Waals surface area (Å²) in [5.41, 5.74) is 1.93. The summed E-state index contributed by atoms with van der Waals surface area (Å²) in [4.78, 5) is 0. The molecule has 1 aliphatic rings. The molecule has 0 aromatic heterocycles. The van der Waals surface area contributed by atoms with E-state index < -0.39 is 11.6 Å². The Balaban J connectivity index is 2.60. The van der Waals surface area contributed by atoms with Crippen LogP contribution in [-0.2, 0) is 30.5 Å². The van der Waals surface area contributed by atoms with Gasteiger partial charge in [-0.1, -0.05) is 24.3 Å². The van der Waals surface area contributed by atoms with Crippen molar-refractivity contribution in [2.75, 3.05) is 28.4 Å². The number of ether oxygens (including phenoxy) is 4. The smallest absolute Gasteiger partial charge is 0.194 e. The topological polar surface area (TPSA) is 36.9 Å². The van der Waals surface area contributed by atoms with Crippen LogP contribution in [-0.4, -0.2) is 28.4 Å². The molecule has 0 saturated heterocycles. The second-order valence-corrected chi connectivity index (χ2v) is 4.37. The van der Waals surface area contributed by atoms with E-state index >= 15 is 0 Å². The summed E-state index contributed by atoms with van der Waals surface area (Å²) >= 11 is 0. The van der Waals surface area contributed by atoms with Gasteiger partial charge in [-0.15, -0.1) is 0 Å². The van der Waals surface area contributed by atoms with E-state index in [0.717, 1.165) is 11.1 Å². The van der Waals surface area contributed by atoms with Crippen LogP contribution in [0.2, 0.25) is 0 Å². The van der Waals surface area contributed by atoms with Gasteiger partial charge in [0.2, 0.25) is 0 Å². The molecule has 0 radical (unpaired) electrons. The van der Waals surface area contributed by atoms with Crippen molar-refractivity contribution in [3.05, 3.63) is 35.4 Å². The van der Waals surface area contributed by atoms with Gasteiger partial charge in [0.15, 0.2) is 11.6 Å². The Labute approximate surface area is 108 Å². The first kappa shape index (κ1) is 13.5. The van der Waals surface area contributed by atoms with Crippen molar-refractivity contribution in [1.29, 1.82) is 0 Å². The molecule has 0 N–H and O–H groups in total. The summed E-state index contributed by atoms with van der Waals surface area (Å²) in [6.45, 7) is 0. The lowest BCUT2D eigenvalue weighted by atomic mass is 9.82. The third kappa shape index (κ3) is 1.77. The van der Waals surface area contributed by atoms with Crippen LogP contribution >= 0.6 is 0 Å². The third-order valence-electron chi connectivity index (χ3n) is 3.85. The van der Waals surface area contributed by atoms with Crippen molar-refractivity contribution in [1.82, 2.24) is 0 Å². The zero-order chi connectivity index (χ0) is 13.2. The molecule has 0 unspecified atom stereocenters. The van der Waals surface area contributed by atoms with E-state index in [1.165, 1.54) is 0 Å². The first-order valence-electron chi connectivity index (χ1n) is 5.98. The van der Waals surface area contributed by atoms with Crippen LogP contribution in [0.25, 0.3) is 0 Å². The molecule has 100 valence electrons. The molecule has 2 rings (SSSR count). The summed E-state index contributed by atoms with van der Waals surface area (Å²) in [5, 5.41) is 0. The van der Waals surface area contributed by atoms with Crippen LogP contribution in [0.3, 0.4) is 0 Å². The van der Waals surface area contributed by atoms with Crippen LogP contribution in [0.5, 0.6) is 0 Å². The molecule has 0 saturated carbocycles. The van der Waals surface area contributed by atoms with Crippen molar-refractivity contribution >= 4 is 0 Å². The van der Waals surface area contributed by atoms with Crippen LogP contribution < -0.4 is 0 Å². The second kappa shape index (κ2) is 4.97. The molecule has 0 aliphatic heterocycles. The zero-order valence-electron chi connectivity index (χ0n) is 11.4. The van der Waals surface area contributed by atoms with Crippen molar-refractivity contribution in [2.45, 2.75) is 24.4 Å². The van der Waals surface area contributed by atoms with E-state index in [9.17, 15) is 0 Å². The van der Waals surface area contributed by atoms with Crippen LogP contribution in [0.4, 0.5) is 0 Å². The molecular weight excluding hydrogens is 232 g/mol. The fraction of sp³-hybridized carbons (Fsp3) is 0.571. The largest absolute Gasteiger partial charge is 0.349 e. The number of hydrogen-bond donors (Lipinski definition) is 0. The quantitative estimate of drug-likeness (QED) is 0.771. The van der Waals surface area contributed by atoms with Gasteiger partial charge >= 0.3 is 0 Å². The van der Waals surface area contributed by atoms with Gasteiger partial charge in [0.25, 0.3) is 0 Å². The summed E-state index contributed by atoms with van der Waals surface area (Å²) in [6.07, 6.45) is 1.36. The van der Waals surface area contributed by atoms with Gasteiger partial charge < -0.3 is 18.9 Å². The number of fused-ring (bicyclic) bond motifs is 1. The normalized spacial score (nSPS) is 20.4. The van der Waals surface area contributed by atoms with E-state index in [2.05, 4.69) is 0 Å². The number of rotatable bonds is 4. The van der Waals surface area contributed by atoms with E-state index in [1.807, 2.05) is 24.3 Å². The molecule has 0 atom stereocenters. The average Bonchev–Trinajstić information content (AvgIpc) is 2.46. The lowest BCUT2D eigenvalue weighted by molar-refractivity contribution is -0.278. The van der Waals surface area contributed by atoms with Gasteiger partial charge in [-0.2, -0.15) is 0 Å². The Hall–Kier alpha value is -0.940. The predicted molar refractivity (Wildman–Crippen MR) is 67.1 cm³/mol. The average molecular weight is 252 g/mol. The lowest BCUT2D eigenvalue weighted by Gasteiger charge is -2.44. The maximum absolute atomic E-state index is 5.60. The summed E-state index contributed by atoms with van der Waals surface area (Å²) < 4.78 is 22.4. The predicted octanol–water partition coefficient (Wildman–Crippen LogP) is 2.37. The standard InChI is InChI=1S/C14H20O4/c1-15-13(16-2)9-10-14(17-3,18-4)12-8-6-5-7-11(12)13/h5-8H,9-10H2,1-4H3. The highest BCUT2D eigenvalue weighted by atomic mass is 16.7. The van der Waals surface area contributed by atoms with Crippen LogP contribution in [0.15, 0.2) is 24.3 Å². The van der Waals surface area contributed by atoms with Crippen molar-refractivity contribution < 1.29 is 18.9 Å². The molecule has 0 bridgehead atoms. The maximum atomic E-state index is 5.60. The summed E-state index contributed by atoms with van der Waals surface area (Å²) in [7, 11) is 6.64. The highest BCUT2D eigenvalue weighted by Crippen LogP contribution is 2.47. The van der Waals surface area contributed by atoms with Gasteiger partial charge in [-0.3, -0.25) is 0 Å². The molecule has 1 aromatic carbocycles. The highest BCUT2D eigenvalue weighted by Gasteiger charge is 2.48. The first-order valence-corrected chi connectivity index (χ1v) is 5.98. The molecule has 0 heterocycles. The summed E-state index contributed by atoms with van der Waals surface area (Å²) in [6, 6.07) is 7.92. The molecule has 0 amide bonds. The van der Waals surface area contributed by atoms with E-state index in [1.54, 1.807) is 28.4 Å². The number of hydrogen-bond acceptors (Lipinski definition) is 4. The zero-order valence-corrected chi connectivity index (χ0v) is 11.4. The van der Waals surface area contributed by atoms with Crippen LogP contribution in [0, 0.1) is 0 Å². The Bertz CT molecular complexity index is 369. The Morgan fingerprint density at radius 3 is 1.33 bits per heavy atom. The van der Waals surface area contributed by atoms with Gasteiger partial charge in [0.1, 0.15) is 0 Å². The summed E-state index contributed by atoms with van der Waals surface area (Å²) in [5.74, 6) is -1.42. The molecular formula is C14H20O4. The minimum atomic E-state index is -0.711. The van der Waals surface area contributed by atoms with Gasteiger partial charge in [0, 0.05) is 52.4 Å². The highest BCUT2D eigenvalue weighted by molar-refractivity contribution is 5.37. The minimum absolute atomic E-state index is 0.679. The van der Waals surface area contributed by atoms with E-state index in [4.69, 9.17) is 18.9 Å². The molecule has 0 spiro atoms. The molecule has 4 heteroatoms. The van der Waals surface area contributed by atoms with Crippen molar-refractivity contribution in [3.8, 4) is 0 Å². The van der Waals surface area contributed by atoms with Crippen molar-refractivity contribution in [3.63, 3.8) is 0 Å². The molecule has 1 aromatic rings. The Morgan fingerprint density at radius 2 is 1.06 bits per heavy atom. The first-order chi connectivity index (χ1) is 8.68. The second-order valence-electron chi connectivity index (χ2n) is 4.37. The van der Waals surface area contributed by atoms with Gasteiger partial charge in [-0.25, -0.2) is 0 Å². The molecule has 4 nitrogen and oxygen atoms in total. The third-order valence-corrected chi connectivity index (χ3v) is 3.85. The fourth-order valence-electron chi connectivity index (χ4n) is 2.76. The number of methoxy groups -OCH3 is 4. The fourth-order valence-corrected chi connectivity index (χ4v) is 2.76. The Kier molecular flexibility index (Phi) is 3.73. The molecule has 1 aliphatic carbocycles. The Morgan fingerprint density at radius 1 is 0.722 bits per heavy atom. The van der Waals surface area contributed by atoms with Gasteiger partial charge in [-0.05, 0) is 0 Å². The SMILES string of the molecule is COC1(OC)CCC(OC)(OC)c2ccccc21. The van der Waals surface area contributed by atoms with E-state index in [-0.39, 0.29) is 0 Å².